The minimum Gasteiger partial charge on any atom is -0.301 e. The number of benzene rings is 1. The third kappa shape index (κ3) is 2.89. The molecule has 3 rings (SSSR count). The Morgan fingerprint density at radius 3 is 2.63 bits per heavy atom. The van der Waals surface area contributed by atoms with Gasteiger partial charge in [-0.25, -0.2) is 0 Å². The average Bonchev–Trinajstić information content (AvgIpc) is 2.77. The molecule has 2 aliphatic heterocycles. The van der Waals surface area contributed by atoms with Gasteiger partial charge >= 0.3 is 0 Å². The largest absolute Gasteiger partial charge is 0.301 e. The van der Waals surface area contributed by atoms with Crippen molar-refractivity contribution in [2.45, 2.75) is 62.9 Å². The van der Waals surface area contributed by atoms with Gasteiger partial charge in [0.25, 0.3) is 0 Å². The lowest BCUT2D eigenvalue weighted by atomic mass is 9.90. The van der Waals surface area contributed by atoms with Crippen molar-refractivity contribution in [3.05, 3.63) is 30.3 Å². The van der Waals surface area contributed by atoms with Crippen LogP contribution in [-0.4, -0.2) is 17.3 Å². The van der Waals surface area contributed by atoms with Gasteiger partial charge in [0.05, 0.1) is 11.2 Å². The van der Waals surface area contributed by atoms with E-state index in [1.807, 2.05) is 6.07 Å². The van der Waals surface area contributed by atoms with Crippen molar-refractivity contribution in [2.75, 3.05) is 0 Å². The third-order valence-corrected chi connectivity index (χ3v) is 4.74. The van der Waals surface area contributed by atoms with Gasteiger partial charge in [0.1, 0.15) is 0 Å². The van der Waals surface area contributed by atoms with E-state index in [2.05, 4.69) is 42.7 Å². The Morgan fingerprint density at radius 1 is 1.00 bits per heavy atom. The first kappa shape index (κ1) is 12.9. The summed E-state index contributed by atoms with van der Waals surface area (Å²) in [6.45, 7) is 2.39. The lowest BCUT2D eigenvalue weighted by Crippen LogP contribution is -2.50. The summed E-state index contributed by atoms with van der Waals surface area (Å²) in [6, 6.07) is 10.3. The highest BCUT2D eigenvalue weighted by molar-refractivity contribution is 5.74. The van der Waals surface area contributed by atoms with Crippen LogP contribution in [0.5, 0.6) is 0 Å². The highest BCUT2D eigenvalue weighted by atomic mass is 15.1. The first-order valence-corrected chi connectivity index (χ1v) is 7.60. The predicted molar refractivity (Wildman–Crippen MR) is 81.2 cm³/mol. The van der Waals surface area contributed by atoms with Gasteiger partial charge in [0, 0.05) is 11.8 Å². The summed E-state index contributed by atoms with van der Waals surface area (Å²) < 4.78 is 0. The van der Waals surface area contributed by atoms with E-state index in [-0.39, 0.29) is 5.54 Å². The van der Waals surface area contributed by atoms with Crippen molar-refractivity contribution in [1.29, 1.82) is 0 Å². The minimum absolute atomic E-state index is 0.144. The maximum Gasteiger partial charge on any atom is 0.0626 e. The molecule has 0 amide bonds. The highest BCUT2D eigenvalue weighted by Gasteiger charge is 2.43. The Hall–Kier alpha value is -1.15. The molecule has 2 heterocycles. The molecule has 2 aliphatic rings. The molecule has 2 nitrogen and oxygen atoms in total. The van der Waals surface area contributed by atoms with Crippen molar-refractivity contribution in [1.82, 2.24) is 5.32 Å². The Morgan fingerprint density at radius 2 is 1.79 bits per heavy atom. The normalized spacial score (nSPS) is 35.2. The summed E-state index contributed by atoms with van der Waals surface area (Å²) >= 11 is 0. The van der Waals surface area contributed by atoms with Crippen LogP contribution < -0.4 is 5.32 Å². The summed E-state index contributed by atoms with van der Waals surface area (Å²) in [4.78, 5) is 4.72. The van der Waals surface area contributed by atoms with Gasteiger partial charge in [0.15, 0.2) is 0 Å². The van der Waals surface area contributed by atoms with Crippen LogP contribution in [0.4, 0.5) is 5.69 Å². The predicted octanol–water partition coefficient (Wildman–Crippen LogP) is 4.23. The van der Waals surface area contributed by atoms with Crippen molar-refractivity contribution < 1.29 is 0 Å². The minimum atomic E-state index is 0.144. The molecule has 1 aromatic carbocycles. The van der Waals surface area contributed by atoms with Gasteiger partial charge in [-0.3, -0.25) is 4.99 Å². The third-order valence-electron chi connectivity index (χ3n) is 4.74. The van der Waals surface area contributed by atoms with Gasteiger partial charge in [-0.05, 0) is 44.7 Å². The second kappa shape index (κ2) is 5.09. The first-order valence-electron chi connectivity index (χ1n) is 7.60. The SMILES string of the molecule is CC12CCCCCC(/C=N\c3ccccc3)(CC1)N2. The maximum atomic E-state index is 4.72. The van der Waals surface area contributed by atoms with Crippen LogP contribution in [0.3, 0.4) is 0 Å². The molecule has 0 spiro atoms. The lowest BCUT2D eigenvalue weighted by molar-refractivity contribution is 0.299. The molecule has 2 saturated heterocycles. The van der Waals surface area contributed by atoms with Crippen LogP contribution >= 0.6 is 0 Å². The molecule has 1 aromatic rings. The van der Waals surface area contributed by atoms with Crippen molar-refractivity contribution in [2.24, 2.45) is 4.99 Å². The number of hydrogen-bond acceptors (Lipinski definition) is 2. The van der Waals surface area contributed by atoms with E-state index >= 15 is 0 Å². The summed E-state index contributed by atoms with van der Waals surface area (Å²) in [7, 11) is 0. The zero-order chi connectivity index (χ0) is 13.2. The number of rotatable bonds is 2. The topological polar surface area (TPSA) is 24.4 Å². The highest BCUT2D eigenvalue weighted by Crippen LogP contribution is 2.38. The average molecular weight is 256 g/mol. The molecule has 2 atom stereocenters. The molecule has 2 bridgehead atoms. The van der Waals surface area contributed by atoms with E-state index in [0.29, 0.717) is 5.54 Å². The Bertz CT molecular complexity index is 450. The molecule has 0 aliphatic carbocycles. The van der Waals surface area contributed by atoms with E-state index in [4.69, 9.17) is 4.99 Å². The Kier molecular flexibility index (Phi) is 3.44. The summed E-state index contributed by atoms with van der Waals surface area (Å²) in [5, 5.41) is 3.90. The smallest absolute Gasteiger partial charge is 0.0626 e. The van der Waals surface area contributed by atoms with Crippen molar-refractivity contribution in [3.63, 3.8) is 0 Å². The fourth-order valence-electron chi connectivity index (χ4n) is 3.61. The molecule has 19 heavy (non-hydrogen) atoms. The van der Waals surface area contributed by atoms with Crippen LogP contribution in [0.25, 0.3) is 0 Å². The Labute approximate surface area is 116 Å². The van der Waals surface area contributed by atoms with E-state index in [1.165, 1.54) is 44.9 Å². The van der Waals surface area contributed by atoms with Crippen molar-refractivity contribution in [3.8, 4) is 0 Å². The summed E-state index contributed by atoms with van der Waals surface area (Å²) in [6.07, 6.45) is 11.3. The lowest BCUT2D eigenvalue weighted by Gasteiger charge is -2.34. The molecule has 102 valence electrons. The quantitative estimate of drug-likeness (QED) is 0.787. The van der Waals surface area contributed by atoms with Crippen LogP contribution in [0.2, 0.25) is 0 Å². The Balaban J connectivity index is 1.80. The van der Waals surface area contributed by atoms with Crippen LogP contribution in [0, 0.1) is 0 Å². The molecule has 1 N–H and O–H groups in total. The number of aliphatic imine (C=N–C) groups is 1. The maximum absolute atomic E-state index is 4.72. The number of nitrogens with zero attached hydrogens (tertiary/aromatic N) is 1. The summed E-state index contributed by atoms with van der Waals surface area (Å²) in [5.41, 5.74) is 1.54. The fourth-order valence-corrected chi connectivity index (χ4v) is 3.61. The monoisotopic (exact) mass is 256 g/mol. The number of para-hydroxylation sites is 1. The molecule has 2 heteroatoms. The van der Waals surface area contributed by atoms with Crippen LogP contribution in [0.1, 0.15) is 51.9 Å². The van der Waals surface area contributed by atoms with Crippen LogP contribution in [-0.2, 0) is 0 Å². The van der Waals surface area contributed by atoms with E-state index in [0.717, 1.165) is 5.69 Å². The second-order valence-corrected chi connectivity index (χ2v) is 6.50. The molecule has 0 aromatic heterocycles. The molecular weight excluding hydrogens is 232 g/mol. The van der Waals surface area contributed by atoms with E-state index < -0.39 is 0 Å². The standard InChI is InChI=1S/C17H24N2/c1-16-10-6-3-7-11-17(19-16,13-12-16)14-18-15-8-4-2-5-9-15/h2,4-5,8-9,14,19H,3,6-7,10-13H2,1H3/b18-14-. The zero-order valence-electron chi connectivity index (χ0n) is 11.9. The van der Waals surface area contributed by atoms with Gasteiger partial charge in [0.2, 0.25) is 0 Å². The van der Waals surface area contributed by atoms with Crippen molar-refractivity contribution >= 4 is 11.9 Å². The number of nitrogens with one attached hydrogen (secondary N) is 1. The van der Waals surface area contributed by atoms with E-state index in [9.17, 15) is 0 Å². The van der Waals surface area contributed by atoms with Gasteiger partial charge in [-0.2, -0.15) is 0 Å². The molecule has 2 unspecified atom stereocenters. The van der Waals surface area contributed by atoms with Crippen LogP contribution in [0.15, 0.2) is 35.3 Å². The molecular formula is C17H24N2. The van der Waals surface area contributed by atoms with Gasteiger partial charge < -0.3 is 5.32 Å². The summed E-state index contributed by atoms with van der Waals surface area (Å²) in [5.74, 6) is 0. The fraction of sp³-hybridized carbons (Fsp3) is 0.588. The second-order valence-electron chi connectivity index (χ2n) is 6.50. The number of fused-ring (bicyclic) bond motifs is 2. The first-order chi connectivity index (χ1) is 9.20. The number of hydrogen-bond donors (Lipinski definition) is 1. The zero-order valence-corrected chi connectivity index (χ0v) is 11.9. The van der Waals surface area contributed by atoms with Gasteiger partial charge in [-0.15, -0.1) is 0 Å². The molecule has 2 fully saturated rings. The van der Waals surface area contributed by atoms with Gasteiger partial charge in [-0.1, -0.05) is 37.5 Å². The molecule has 0 radical (unpaired) electrons. The van der Waals surface area contributed by atoms with E-state index in [1.54, 1.807) is 0 Å². The molecule has 0 saturated carbocycles.